The zero-order valence-electron chi connectivity index (χ0n) is 21.8. The van der Waals surface area contributed by atoms with Gasteiger partial charge >= 0.3 is 5.97 Å². The third kappa shape index (κ3) is 8.29. The molecule has 37 heavy (non-hydrogen) atoms. The molecule has 1 aromatic heterocycles. The molecule has 204 valence electrons. The van der Waals surface area contributed by atoms with E-state index in [0.717, 1.165) is 16.5 Å². The van der Waals surface area contributed by atoms with Gasteiger partial charge in [0, 0.05) is 23.5 Å². The van der Waals surface area contributed by atoms with Crippen molar-refractivity contribution in [3.05, 3.63) is 36.0 Å². The average Bonchev–Trinajstić information content (AvgIpc) is 3.27. The maximum Gasteiger partial charge on any atom is 0.328 e. The molecule has 0 fully saturated rings. The van der Waals surface area contributed by atoms with Crippen LogP contribution in [0.4, 0.5) is 0 Å². The van der Waals surface area contributed by atoms with Crippen LogP contribution in [0.15, 0.2) is 30.5 Å². The molecule has 8 N–H and O–H groups in total. The van der Waals surface area contributed by atoms with Gasteiger partial charge in [-0.3, -0.25) is 14.4 Å². The van der Waals surface area contributed by atoms with Crippen LogP contribution in [0.5, 0.6) is 0 Å². The number of hydrogen-bond acceptors (Lipinski definition) is 6. The molecule has 0 bridgehead atoms. The van der Waals surface area contributed by atoms with Gasteiger partial charge in [-0.2, -0.15) is 0 Å². The van der Waals surface area contributed by atoms with Gasteiger partial charge in [-0.25, -0.2) is 4.79 Å². The number of aromatic amines is 1. The van der Waals surface area contributed by atoms with Crippen LogP contribution >= 0.6 is 0 Å². The number of rotatable bonds is 14. The largest absolute Gasteiger partial charge is 0.480 e. The Balaban J connectivity index is 2.31. The number of nitrogens with two attached hydrogens (primary N) is 1. The van der Waals surface area contributed by atoms with Crippen molar-refractivity contribution in [3.63, 3.8) is 0 Å². The van der Waals surface area contributed by atoms with Gasteiger partial charge in [-0.1, -0.05) is 52.3 Å². The lowest BCUT2D eigenvalue weighted by atomic mass is 9.97. The first-order valence-electron chi connectivity index (χ1n) is 12.5. The number of aliphatic hydroxyl groups is 1. The summed E-state index contributed by atoms with van der Waals surface area (Å²) in [6.45, 7) is 6.67. The lowest BCUT2D eigenvalue weighted by Crippen LogP contribution is -2.58. The lowest BCUT2D eigenvalue weighted by Gasteiger charge is -2.26. The first-order chi connectivity index (χ1) is 17.5. The van der Waals surface area contributed by atoms with E-state index in [1.54, 1.807) is 6.20 Å². The summed E-state index contributed by atoms with van der Waals surface area (Å²) in [7, 11) is 0. The first-order valence-corrected chi connectivity index (χ1v) is 12.5. The molecule has 11 heteroatoms. The predicted molar refractivity (Wildman–Crippen MR) is 139 cm³/mol. The highest BCUT2D eigenvalue weighted by atomic mass is 16.4. The highest BCUT2D eigenvalue weighted by molar-refractivity contribution is 5.95. The Kier molecular flexibility index (Phi) is 11.1. The summed E-state index contributed by atoms with van der Waals surface area (Å²) in [5.41, 5.74) is 7.77. The predicted octanol–water partition coefficient (Wildman–Crippen LogP) is 0.661. The number of fused-ring (bicyclic) bond motifs is 1. The second kappa shape index (κ2) is 13.8. The summed E-state index contributed by atoms with van der Waals surface area (Å²) in [6, 6.07) is 3.10. The van der Waals surface area contributed by atoms with Crippen LogP contribution < -0.4 is 21.7 Å². The van der Waals surface area contributed by atoms with Crippen molar-refractivity contribution in [2.75, 3.05) is 6.61 Å². The molecule has 0 saturated carbocycles. The van der Waals surface area contributed by atoms with E-state index in [0.29, 0.717) is 6.42 Å². The SMILES string of the molecule is CCC(C)C(N)C(=O)NC(Cc1c[nH]c2ccccc12)C(=O)NC(CC(C)C)C(=O)NC(CO)C(=O)O. The maximum atomic E-state index is 13.5. The standard InChI is InChI=1S/C26H39N5O6/c1-5-15(4)22(27)25(35)30-20(11-16-12-28-18-9-7-6-8-17(16)18)24(34)29-19(10-14(2)3)23(33)31-21(13-32)26(36)37/h6-9,12,14-15,19-22,28,32H,5,10-11,13,27H2,1-4H3,(H,29,34)(H,30,35)(H,31,33)(H,36,37). The number of para-hydroxylation sites is 1. The van der Waals surface area contributed by atoms with Gasteiger partial charge in [0.05, 0.1) is 12.6 Å². The van der Waals surface area contributed by atoms with Crippen LogP contribution in [0, 0.1) is 11.8 Å². The zero-order chi connectivity index (χ0) is 27.7. The molecule has 5 atom stereocenters. The number of carbonyl (C=O) groups is 4. The van der Waals surface area contributed by atoms with Crippen LogP contribution in [0.2, 0.25) is 0 Å². The average molecular weight is 518 g/mol. The summed E-state index contributed by atoms with van der Waals surface area (Å²) in [5, 5.41) is 27.0. The van der Waals surface area contributed by atoms with E-state index < -0.39 is 54.5 Å². The maximum absolute atomic E-state index is 13.5. The molecule has 1 heterocycles. The van der Waals surface area contributed by atoms with E-state index in [1.165, 1.54) is 0 Å². The second-order valence-electron chi connectivity index (χ2n) is 9.81. The molecular formula is C26H39N5O6. The number of carboxylic acids is 1. The Morgan fingerprint density at radius 1 is 0.946 bits per heavy atom. The van der Waals surface area contributed by atoms with Gasteiger partial charge in [0.2, 0.25) is 17.7 Å². The molecular weight excluding hydrogens is 478 g/mol. The number of aliphatic carboxylic acids is 1. The van der Waals surface area contributed by atoms with Crippen molar-refractivity contribution in [1.82, 2.24) is 20.9 Å². The van der Waals surface area contributed by atoms with E-state index >= 15 is 0 Å². The fourth-order valence-corrected chi connectivity index (χ4v) is 3.94. The molecule has 0 aliphatic rings. The highest BCUT2D eigenvalue weighted by Gasteiger charge is 2.31. The Bertz CT molecular complexity index is 1080. The number of benzene rings is 1. The third-order valence-electron chi connectivity index (χ3n) is 6.43. The van der Waals surface area contributed by atoms with Crippen molar-refractivity contribution in [3.8, 4) is 0 Å². The molecule has 0 aliphatic heterocycles. The molecule has 3 amide bonds. The number of amides is 3. The molecule has 2 rings (SSSR count). The number of aliphatic hydroxyl groups excluding tert-OH is 1. The topological polar surface area (TPSA) is 187 Å². The summed E-state index contributed by atoms with van der Waals surface area (Å²) in [5.74, 6) is -3.35. The van der Waals surface area contributed by atoms with Gasteiger partial charge in [0.25, 0.3) is 0 Å². The van der Waals surface area contributed by atoms with Crippen LogP contribution in [-0.2, 0) is 25.6 Å². The number of aromatic nitrogens is 1. The Morgan fingerprint density at radius 2 is 1.54 bits per heavy atom. The van der Waals surface area contributed by atoms with Gasteiger partial charge in [0.1, 0.15) is 18.1 Å². The summed E-state index contributed by atoms with van der Waals surface area (Å²) >= 11 is 0. The lowest BCUT2D eigenvalue weighted by molar-refractivity contribution is -0.143. The van der Waals surface area contributed by atoms with Gasteiger partial charge in [0.15, 0.2) is 0 Å². The van der Waals surface area contributed by atoms with Crippen LogP contribution in [0.25, 0.3) is 10.9 Å². The Hall–Kier alpha value is -3.44. The van der Waals surface area contributed by atoms with Crippen LogP contribution in [-0.4, -0.2) is 69.7 Å². The fourth-order valence-electron chi connectivity index (χ4n) is 3.94. The third-order valence-corrected chi connectivity index (χ3v) is 6.43. The van der Waals surface area contributed by atoms with Crippen molar-refractivity contribution < 1.29 is 29.4 Å². The molecule has 0 spiro atoms. The molecule has 0 saturated heterocycles. The quantitative estimate of drug-likeness (QED) is 0.192. The van der Waals surface area contributed by atoms with Gasteiger partial charge < -0.3 is 36.9 Å². The smallest absolute Gasteiger partial charge is 0.328 e. The number of hydrogen-bond donors (Lipinski definition) is 7. The molecule has 11 nitrogen and oxygen atoms in total. The van der Waals surface area contributed by atoms with Crippen LogP contribution in [0.1, 0.15) is 46.1 Å². The zero-order valence-corrected chi connectivity index (χ0v) is 21.8. The number of carboxylic acid groups (broad SMARTS) is 1. The van der Waals surface area contributed by atoms with Crippen molar-refractivity contribution in [2.45, 2.75) is 71.1 Å². The molecule has 5 unspecified atom stereocenters. The van der Waals surface area contributed by atoms with Crippen molar-refractivity contribution in [2.24, 2.45) is 17.6 Å². The fraction of sp³-hybridized carbons (Fsp3) is 0.538. The second-order valence-corrected chi connectivity index (χ2v) is 9.81. The summed E-state index contributed by atoms with van der Waals surface area (Å²) in [6.07, 6.45) is 2.80. The minimum atomic E-state index is -1.51. The first kappa shape index (κ1) is 29.8. The number of nitrogens with one attached hydrogen (secondary N) is 4. The summed E-state index contributed by atoms with van der Waals surface area (Å²) < 4.78 is 0. The van der Waals surface area contributed by atoms with Gasteiger partial charge in [-0.15, -0.1) is 0 Å². The Morgan fingerprint density at radius 3 is 2.14 bits per heavy atom. The monoisotopic (exact) mass is 517 g/mol. The van der Waals surface area contributed by atoms with Crippen LogP contribution in [0.3, 0.4) is 0 Å². The van der Waals surface area contributed by atoms with E-state index in [9.17, 15) is 29.4 Å². The van der Waals surface area contributed by atoms with E-state index in [2.05, 4.69) is 20.9 Å². The number of H-pyrrole nitrogens is 1. The molecule has 0 radical (unpaired) electrons. The summed E-state index contributed by atoms with van der Waals surface area (Å²) in [4.78, 5) is 53.6. The minimum absolute atomic E-state index is 0.0195. The van der Waals surface area contributed by atoms with E-state index in [1.807, 2.05) is 52.0 Å². The van der Waals surface area contributed by atoms with Crippen molar-refractivity contribution in [1.29, 1.82) is 0 Å². The van der Waals surface area contributed by atoms with Crippen molar-refractivity contribution >= 4 is 34.6 Å². The van der Waals surface area contributed by atoms with Gasteiger partial charge in [-0.05, 0) is 29.9 Å². The van der Waals surface area contributed by atoms with E-state index in [-0.39, 0.29) is 24.7 Å². The molecule has 0 aliphatic carbocycles. The minimum Gasteiger partial charge on any atom is -0.480 e. The Labute approximate surface area is 216 Å². The highest BCUT2D eigenvalue weighted by Crippen LogP contribution is 2.19. The number of carbonyl (C=O) groups excluding carboxylic acids is 3. The molecule has 2 aromatic rings. The normalized spacial score (nSPS) is 15.4. The van der Waals surface area contributed by atoms with E-state index in [4.69, 9.17) is 5.73 Å². The molecule has 1 aromatic carbocycles.